The molecule has 2 heterocycles. The highest BCUT2D eigenvalue weighted by Crippen LogP contribution is 2.32. The molecule has 0 bridgehead atoms. The smallest absolute Gasteiger partial charge is 0.215 e. The highest BCUT2D eigenvalue weighted by atomic mass is 35.5. The van der Waals surface area contributed by atoms with E-state index in [1.165, 1.54) is 0 Å². The molecule has 0 saturated heterocycles. The van der Waals surface area contributed by atoms with Gasteiger partial charge in [-0.2, -0.15) is 4.98 Å². The van der Waals surface area contributed by atoms with Gasteiger partial charge in [0, 0.05) is 11.8 Å². The SMILES string of the molecule is COc1ccc2[nH]c(-c3c(N)cccc3Cl)nc2n1. The summed E-state index contributed by atoms with van der Waals surface area (Å²) in [6.45, 7) is 0. The van der Waals surface area contributed by atoms with E-state index >= 15 is 0 Å². The number of hydrogen-bond acceptors (Lipinski definition) is 4. The standard InChI is InChI=1S/C13H11ClN4O/c1-19-10-6-5-9-12(17-10)18-13(16-9)11-7(14)3-2-4-8(11)15/h2-6H,15H2,1H3,(H,16,17,18). The second-order valence-electron chi connectivity index (χ2n) is 4.01. The van der Waals surface area contributed by atoms with E-state index < -0.39 is 0 Å². The molecule has 0 amide bonds. The first-order chi connectivity index (χ1) is 9.19. The number of nitrogens with two attached hydrogens (primary N) is 1. The van der Waals surface area contributed by atoms with Crippen molar-refractivity contribution < 1.29 is 4.74 Å². The van der Waals surface area contributed by atoms with Crippen LogP contribution < -0.4 is 10.5 Å². The maximum Gasteiger partial charge on any atom is 0.215 e. The van der Waals surface area contributed by atoms with Crippen LogP contribution in [-0.4, -0.2) is 22.1 Å². The van der Waals surface area contributed by atoms with Crippen molar-refractivity contribution >= 4 is 28.5 Å². The fourth-order valence-electron chi connectivity index (χ4n) is 1.90. The van der Waals surface area contributed by atoms with Gasteiger partial charge in [-0.1, -0.05) is 17.7 Å². The average Bonchev–Trinajstić information content (AvgIpc) is 2.80. The summed E-state index contributed by atoms with van der Waals surface area (Å²) < 4.78 is 5.07. The number of rotatable bonds is 2. The zero-order valence-corrected chi connectivity index (χ0v) is 10.9. The molecule has 0 radical (unpaired) electrons. The Kier molecular flexibility index (Phi) is 2.76. The number of nitrogens with zero attached hydrogens (tertiary/aromatic N) is 2. The van der Waals surface area contributed by atoms with Crippen molar-refractivity contribution in [3.63, 3.8) is 0 Å². The first kappa shape index (κ1) is 11.8. The molecule has 2 aromatic heterocycles. The number of benzene rings is 1. The normalized spacial score (nSPS) is 10.8. The summed E-state index contributed by atoms with van der Waals surface area (Å²) in [5, 5.41) is 0.547. The molecule has 0 aliphatic rings. The quantitative estimate of drug-likeness (QED) is 0.705. The molecule has 0 aliphatic heterocycles. The van der Waals surface area contributed by atoms with E-state index in [0.29, 0.717) is 33.6 Å². The van der Waals surface area contributed by atoms with Gasteiger partial charge in [0.1, 0.15) is 5.82 Å². The summed E-state index contributed by atoms with van der Waals surface area (Å²) in [6, 6.07) is 8.97. The lowest BCUT2D eigenvalue weighted by molar-refractivity contribution is 0.399. The Morgan fingerprint density at radius 3 is 2.79 bits per heavy atom. The van der Waals surface area contributed by atoms with E-state index in [2.05, 4.69) is 15.0 Å². The Morgan fingerprint density at radius 2 is 2.05 bits per heavy atom. The van der Waals surface area contributed by atoms with Gasteiger partial charge >= 0.3 is 0 Å². The predicted octanol–water partition coefficient (Wildman–Crippen LogP) is 2.87. The van der Waals surface area contributed by atoms with Gasteiger partial charge in [-0.25, -0.2) is 4.98 Å². The Labute approximate surface area is 114 Å². The first-order valence-electron chi connectivity index (χ1n) is 5.64. The maximum absolute atomic E-state index is 6.17. The van der Waals surface area contributed by atoms with Crippen molar-refractivity contribution in [3.05, 3.63) is 35.4 Å². The van der Waals surface area contributed by atoms with Crippen molar-refractivity contribution in [1.29, 1.82) is 0 Å². The Morgan fingerprint density at radius 1 is 1.21 bits per heavy atom. The minimum absolute atomic E-state index is 0.512. The predicted molar refractivity (Wildman–Crippen MR) is 75.3 cm³/mol. The van der Waals surface area contributed by atoms with Gasteiger partial charge in [-0.15, -0.1) is 0 Å². The summed E-state index contributed by atoms with van der Waals surface area (Å²) in [5.74, 6) is 1.11. The third-order valence-electron chi connectivity index (χ3n) is 2.81. The third kappa shape index (κ3) is 1.98. The molecule has 0 saturated carbocycles. The number of nitrogen functional groups attached to an aromatic ring is 1. The van der Waals surface area contributed by atoms with Crippen LogP contribution in [0.2, 0.25) is 5.02 Å². The van der Waals surface area contributed by atoms with Gasteiger partial charge < -0.3 is 15.5 Å². The molecule has 0 atom stereocenters. The fourth-order valence-corrected chi connectivity index (χ4v) is 2.17. The number of halogens is 1. The largest absolute Gasteiger partial charge is 0.481 e. The number of aromatic nitrogens is 3. The molecule has 3 aromatic rings. The van der Waals surface area contributed by atoms with Crippen molar-refractivity contribution in [2.45, 2.75) is 0 Å². The maximum atomic E-state index is 6.17. The van der Waals surface area contributed by atoms with Gasteiger partial charge in [0.25, 0.3) is 0 Å². The highest BCUT2D eigenvalue weighted by Gasteiger charge is 2.13. The van der Waals surface area contributed by atoms with Crippen LogP contribution >= 0.6 is 11.6 Å². The Balaban J connectivity index is 2.21. The van der Waals surface area contributed by atoms with E-state index in [0.717, 1.165) is 5.52 Å². The topological polar surface area (TPSA) is 76.8 Å². The molecule has 0 aliphatic carbocycles. The van der Waals surface area contributed by atoms with Gasteiger partial charge in [0.2, 0.25) is 5.88 Å². The van der Waals surface area contributed by atoms with Crippen LogP contribution in [0.1, 0.15) is 0 Å². The molecule has 0 spiro atoms. The van der Waals surface area contributed by atoms with Crippen LogP contribution in [0.3, 0.4) is 0 Å². The highest BCUT2D eigenvalue weighted by molar-refractivity contribution is 6.33. The number of nitrogens with one attached hydrogen (secondary N) is 1. The molecular formula is C13H11ClN4O. The van der Waals surface area contributed by atoms with Crippen molar-refractivity contribution in [2.24, 2.45) is 0 Å². The van der Waals surface area contributed by atoms with Crippen molar-refractivity contribution in [1.82, 2.24) is 15.0 Å². The number of methoxy groups -OCH3 is 1. The number of anilines is 1. The van der Waals surface area contributed by atoms with Crippen molar-refractivity contribution in [2.75, 3.05) is 12.8 Å². The molecular weight excluding hydrogens is 264 g/mol. The van der Waals surface area contributed by atoms with Crippen LogP contribution in [0.4, 0.5) is 5.69 Å². The third-order valence-corrected chi connectivity index (χ3v) is 3.13. The van der Waals surface area contributed by atoms with Crippen LogP contribution in [0.5, 0.6) is 5.88 Å². The Bertz CT molecular complexity index is 733. The molecule has 1 aromatic carbocycles. The van der Waals surface area contributed by atoms with E-state index in [1.807, 2.05) is 6.07 Å². The summed E-state index contributed by atoms with van der Waals surface area (Å²) in [6.07, 6.45) is 0. The van der Waals surface area contributed by atoms with Gasteiger partial charge in [0.15, 0.2) is 5.65 Å². The first-order valence-corrected chi connectivity index (χ1v) is 6.02. The lowest BCUT2D eigenvalue weighted by Gasteiger charge is -2.03. The van der Waals surface area contributed by atoms with Gasteiger partial charge in [-0.05, 0) is 18.2 Å². The summed E-state index contributed by atoms with van der Waals surface area (Å²) >= 11 is 6.17. The number of H-pyrrole nitrogens is 1. The van der Waals surface area contributed by atoms with Crippen molar-refractivity contribution in [3.8, 4) is 17.3 Å². The van der Waals surface area contributed by atoms with Crippen LogP contribution in [0.25, 0.3) is 22.6 Å². The monoisotopic (exact) mass is 274 g/mol. The molecule has 5 nitrogen and oxygen atoms in total. The number of imidazole rings is 1. The van der Waals surface area contributed by atoms with Crippen LogP contribution in [0.15, 0.2) is 30.3 Å². The second kappa shape index (κ2) is 4.44. The molecule has 3 N–H and O–H groups in total. The number of hydrogen-bond donors (Lipinski definition) is 2. The molecule has 96 valence electrons. The lowest BCUT2D eigenvalue weighted by Crippen LogP contribution is -1.92. The Hall–Kier alpha value is -2.27. The average molecular weight is 275 g/mol. The number of ether oxygens (including phenoxy) is 1. The van der Waals surface area contributed by atoms with E-state index in [-0.39, 0.29) is 0 Å². The van der Waals surface area contributed by atoms with Crippen LogP contribution in [0, 0.1) is 0 Å². The fraction of sp³-hybridized carbons (Fsp3) is 0.0769. The second-order valence-corrected chi connectivity index (χ2v) is 4.42. The van der Waals surface area contributed by atoms with E-state index in [4.69, 9.17) is 22.1 Å². The lowest BCUT2D eigenvalue weighted by atomic mass is 10.2. The molecule has 3 rings (SSSR count). The molecule has 6 heteroatoms. The molecule has 19 heavy (non-hydrogen) atoms. The molecule has 0 fully saturated rings. The number of pyridine rings is 1. The minimum atomic E-state index is 0.512. The summed E-state index contributed by atoms with van der Waals surface area (Å²) in [5.41, 5.74) is 8.56. The van der Waals surface area contributed by atoms with E-state index in [9.17, 15) is 0 Å². The zero-order valence-electron chi connectivity index (χ0n) is 10.1. The molecule has 0 unspecified atom stereocenters. The van der Waals surface area contributed by atoms with Gasteiger partial charge in [0.05, 0.1) is 23.2 Å². The number of aromatic amines is 1. The zero-order chi connectivity index (χ0) is 13.4. The minimum Gasteiger partial charge on any atom is -0.481 e. The van der Waals surface area contributed by atoms with Crippen LogP contribution in [-0.2, 0) is 0 Å². The summed E-state index contributed by atoms with van der Waals surface area (Å²) in [7, 11) is 1.56. The summed E-state index contributed by atoms with van der Waals surface area (Å²) in [4.78, 5) is 11.8. The number of fused-ring (bicyclic) bond motifs is 1. The van der Waals surface area contributed by atoms with E-state index in [1.54, 1.807) is 31.4 Å². The van der Waals surface area contributed by atoms with Gasteiger partial charge in [-0.3, -0.25) is 0 Å².